The molecule has 0 radical (unpaired) electrons. The van der Waals surface area contributed by atoms with Crippen molar-refractivity contribution in [1.82, 2.24) is 0 Å². The van der Waals surface area contributed by atoms with E-state index in [9.17, 15) is 0 Å². The molecule has 1 spiro atoms. The number of hydrogen-bond acceptors (Lipinski definition) is 2. The predicted molar refractivity (Wildman–Crippen MR) is 193 cm³/mol. The molecule has 10 rings (SSSR count). The zero-order valence-corrected chi connectivity index (χ0v) is 25.6. The molecule has 7 aromatic carbocycles. The van der Waals surface area contributed by atoms with Gasteiger partial charge in [0.2, 0.25) is 0 Å². The lowest BCUT2D eigenvalue weighted by molar-refractivity contribution is 0.628. The van der Waals surface area contributed by atoms with Crippen LogP contribution in [0.25, 0.3) is 44.5 Å². The van der Waals surface area contributed by atoms with E-state index in [0.29, 0.717) is 0 Å². The predicted octanol–water partition coefficient (Wildman–Crippen LogP) is 11.9. The van der Waals surface area contributed by atoms with Gasteiger partial charge in [-0.05, 0) is 69.8 Å². The van der Waals surface area contributed by atoms with Crippen molar-refractivity contribution < 1.29 is 4.42 Å². The molecule has 1 heterocycles. The third kappa shape index (κ3) is 3.55. The van der Waals surface area contributed by atoms with Crippen molar-refractivity contribution >= 4 is 28.0 Å². The van der Waals surface area contributed by atoms with Crippen LogP contribution in [0.1, 0.15) is 22.3 Å². The molecule has 0 amide bonds. The summed E-state index contributed by atoms with van der Waals surface area (Å²) in [5.41, 5.74) is 15.0. The Morgan fingerprint density at radius 3 is 1.79 bits per heavy atom. The van der Waals surface area contributed by atoms with Crippen LogP contribution in [-0.2, 0) is 5.41 Å². The fourth-order valence-corrected chi connectivity index (χ4v) is 8.24. The van der Waals surface area contributed by atoms with Gasteiger partial charge in [0.05, 0.1) is 11.1 Å². The van der Waals surface area contributed by atoms with Crippen LogP contribution in [0.4, 0.5) is 17.1 Å². The maximum Gasteiger partial charge on any atom is 0.140 e. The standard InChI is InChI=1S/C45H29NO/c1-3-14-30(15-4-1)31-26-28-33(29-27-31)46(32-16-5-2-6-17-32)40-24-13-23-39-42(40)34-18-7-10-21-37(34)45(39)38-22-11-8-19-35(38)44-43(45)36-20-9-12-25-41(36)47-44/h1-29H. The van der Waals surface area contributed by atoms with Crippen LogP contribution in [0.2, 0.25) is 0 Å². The van der Waals surface area contributed by atoms with Gasteiger partial charge < -0.3 is 9.32 Å². The molecule has 2 heteroatoms. The molecule has 1 aromatic heterocycles. The van der Waals surface area contributed by atoms with Gasteiger partial charge in [0.15, 0.2) is 0 Å². The molecular weight excluding hydrogens is 571 g/mol. The zero-order valence-electron chi connectivity index (χ0n) is 25.6. The lowest BCUT2D eigenvalue weighted by atomic mass is 9.70. The number of hydrogen-bond donors (Lipinski definition) is 0. The highest BCUT2D eigenvalue weighted by molar-refractivity contribution is 6.05. The first-order valence-electron chi connectivity index (χ1n) is 16.2. The fraction of sp³-hybridized carbons (Fsp3) is 0.0222. The second-order valence-corrected chi connectivity index (χ2v) is 12.4. The van der Waals surface area contributed by atoms with E-state index in [-0.39, 0.29) is 0 Å². The summed E-state index contributed by atoms with van der Waals surface area (Å²) in [7, 11) is 0. The molecule has 0 saturated heterocycles. The minimum Gasteiger partial charge on any atom is -0.456 e. The second kappa shape index (κ2) is 9.94. The Kier molecular flexibility index (Phi) is 5.53. The fourth-order valence-electron chi connectivity index (χ4n) is 8.24. The summed E-state index contributed by atoms with van der Waals surface area (Å²) in [4.78, 5) is 2.42. The Bertz CT molecular complexity index is 2460. The lowest BCUT2D eigenvalue weighted by Crippen LogP contribution is -2.26. The van der Waals surface area contributed by atoms with E-state index in [2.05, 4.69) is 181 Å². The highest BCUT2D eigenvalue weighted by Gasteiger charge is 2.55. The lowest BCUT2D eigenvalue weighted by Gasteiger charge is -2.31. The van der Waals surface area contributed by atoms with Gasteiger partial charge in [-0.3, -0.25) is 0 Å². The highest BCUT2D eigenvalue weighted by Crippen LogP contribution is 2.66. The summed E-state index contributed by atoms with van der Waals surface area (Å²) >= 11 is 0. The van der Waals surface area contributed by atoms with Crippen molar-refractivity contribution in [2.75, 3.05) is 4.90 Å². The van der Waals surface area contributed by atoms with Crippen LogP contribution in [0, 0.1) is 0 Å². The summed E-state index contributed by atoms with van der Waals surface area (Å²) in [5.74, 6) is 0.978. The van der Waals surface area contributed by atoms with Gasteiger partial charge in [-0.25, -0.2) is 0 Å². The van der Waals surface area contributed by atoms with Crippen molar-refractivity contribution in [3.8, 4) is 33.6 Å². The monoisotopic (exact) mass is 599 g/mol. The molecule has 8 aromatic rings. The molecule has 0 aliphatic heterocycles. The Hall–Kier alpha value is -6.12. The summed E-state index contributed by atoms with van der Waals surface area (Å²) < 4.78 is 6.71. The third-order valence-electron chi connectivity index (χ3n) is 10.1. The number of nitrogens with zero attached hydrogens (tertiary/aromatic N) is 1. The van der Waals surface area contributed by atoms with Crippen LogP contribution < -0.4 is 4.90 Å². The van der Waals surface area contributed by atoms with Gasteiger partial charge in [0.1, 0.15) is 11.3 Å². The average molecular weight is 600 g/mol. The number of benzene rings is 7. The second-order valence-electron chi connectivity index (χ2n) is 12.4. The number of anilines is 3. The van der Waals surface area contributed by atoms with Gasteiger partial charge in [-0.2, -0.15) is 0 Å². The number of para-hydroxylation sites is 2. The van der Waals surface area contributed by atoms with E-state index in [1.54, 1.807) is 0 Å². The van der Waals surface area contributed by atoms with Crippen LogP contribution in [0.5, 0.6) is 0 Å². The molecule has 1 unspecified atom stereocenters. The number of furan rings is 1. The molecule has 2 aliphatic carbocycles. The van der Waals surface area contributed by atoms with Gasteiger partial charge >= 0.3 is 0 Å². The largest absolute Gasteiger partial charge is 0.456 e. The van der Waals surface area contributed by atoms with E-state index in [4.69, 9.17) is 4.42 Å². The molecule has 0 saturated carbocycles. The molecular formula is C45H29NO. The molecule has 220 valence electrons. The summed E-state index contributed by atoms with van der Waals surface area (Å²) in [6.07, 6.45) is 0. The molecule has 0 fully saturated rings. The maximum atomic E-state index is 6.71. The van der Waals surface area contributed by atoms with E-state index >= 15 is 0 Å². The molecule has 1 atom stereocenters. The average Bonchev–Trinajstić information content (AvgIpc) is 3.77. The van der Waals surface area contributed by atoms with Gasteiger partial charge in [0, 0.05) is 33.5 Å². The molecule has 2 nitrogen and oxygen atoms in total. The normalized spacial score (nSPS) is 15.3. The molecule has 47 heavy (non-hydrogen) atoms. The maximum absolute atomic E-state index is 6.71. The topological polar surface area (TPSA) is 16.4 Å². The van der Waals surface area contributed by atoms with Gasteiger partial charge in [0.25, 0.3) is 0 Å². The Morgan fingerprint density at radius 2 is 1.00 bits per heavy atom. The Balaban J connectivity index is 1.27. The van der Waals surface area contributed by atoms with Gasteiger partial charge in [-0.1, -0.05) is 140 Å². The van der Waals surface area contributed by atoms with Crippen molar-refractivity contribution in [3.63, 3.8) is 0 Å². The van der Waals surface area contributed by atoms with Crippen LogP contribution in [0.3, 0.4) is 0 Å². The summed E-state index contributed by atoms with van der Waals surface area (Å²) in [6.45, 7) is 0. The summed E-state index contributed by atoms with van der Waals surface area (Å²) in [5, 5.41) is 1.17. The highest BCUT2D eigenvalue weighted by atomic mass is 16.3. The third-order valence-corrected chi connectivity index (χ3v) is 10.1. The van der Waals surface area contributed by atoms with Gasteiger partial charge in [-0.15, -0.1) is 0 Å². The Morgan fingerprint density at radius 1 is 0.426 bits per heavy atom. The first-order valence-corrected chi connectivity index (χ1v) is 16.2. The first-order chi connectivity index (χ1) is 23.3. The number of rotatable bonds is 4. The van der Waals surface area contributed by atoms with E-state index in [1.165, 1.54) is 55.5 Å². The summed E-state index contributed by atoms with van der Waals surface area (Å²) in [6, 6.07) is 63.5. The SMILES string of the molecule is c1ccc(-c2ccc(N(c3ccccc3)c3cccc4c3-c3ccccc3C43c4ccccc4-c4oc5ccccc5c43)cc2)cc1. The molecule has 0 bridgehead atoms. The van der Waals surface area contributed by atoms with Crippen LogP contribution >= 0.6 is 0 Å². The van der Waals surface area contributed by atoms with Crippen molar-refractivity contribution in [3.05, 3.63) is 198 Å². The quantitative estimate of drug-likeness (QED) is 0.200. The first kappa shape index (κ1) is 26.1. The van der Waals surface area contributed by atoms with Crippen LogP contribution in [-0.4, -0.2) is 0 Å². The molecule has 2 aliphatic rings. The number of fused-ring (bicyclic) bond motifs is 12. The zero-order chi connectivity index (χ0) is 31.0. The molecule has 0 N–H and O–H groups in total. The van der Waals surface area contributed by atoms with Crippen molar-refractivity contribution in [1.29, 1.82) is 0 Å². The van der Waals surface area contributed by atoms with Crippen LogP contribution in [0.15, 0.2) is 180 Å². The minimum atomic E-state index is -0.500. The van der Waals surface area contributed by atoms with E-state index in [0.717, 1.165) is 28.4 Å². The van der Waals surface area contributed by atoms with Crippen molar-refractivity contribution in [2.24, 2.45) is 0 Å². The Labute approximate surface area is 273 Å². The smallest absolute Gasteiger partial charge is 0.140 e. The van der Waals surface area contributed by atoms with E-state index < -0.39 is 5.41 Å². The van der Waals surface area contributed by atoms with E-state index in [1.807, 2.05) is 0 Å². The minimum absolute atomic E-state index is 0.500. The van der Waals surface area contributed by atoms with Crippen molar-refractivity contribution in [2.45, 2.75) is 5.41 Å².